The number of aliphatic hydroxyl groups excluding tert-OH is 2. The molecule has 6 rings (SSSR count). The average molecular weight is 633 g/mol. The van der Waals surface area contributed by atoms with Crippen LogP contribution in [0, 0.1) is 0 Å². The number of halogens is 2. The predicted molar refractivity (Wildman–Crippen MR) is 140 cm³/mol. The molecule has 4 aromatic rings. The lowest BCUT2D eigenvalue weighted by Crippen LogP contribution is -2.43. The molecule has 0 bridgehead atoms. The van der Waals surface area contributed by atoms with E-state index in [0.717, 1.165) is 15.6 Å². The molecule has 0 unspecified atom stereocenters. The summed E-state index contributed by atoms with van der Waals surface area (Å²) in [5.41, 5.74) is 10.3. The fraction of sp³-hybridized carbons (Fsp3) is 0.500. The summed E-state index contributed by atoms with van der Waals surface area (Å²) in [5, 5.41) is 28.2. The second kappa shape index (κ2) is 10.5. The number of anilines is 2. The number of aliphatic hydroxyl groups is 2. The molecule has 0 aliphatic carbocycles. The first-order chi connectivity index (χ1) is 19.9. The molecule has 18 nitrogen and oxygen atoms in total. The highest BCUT2D eigenvalue weighted by Crippen LogP contribution is 2.57. The molecule has 226 valence electrons. The van der Waals surface area contributed by atoms with Gasteiger partial charge in [-0.3, -0.25) is 23.4 Å². The highest BCUT2D eigenvalue weighted by atomic mass is 32.7. The first-order valence-corrected chi connectivity index (χ1v) is 14.9. The van der Waals surface area contributed by atoms with E-state index in [1.54, 1.807) is 0 Å². The molecular weight excluding hydrogens is 609 g/mol. The zero-order valence-electron chi connectivity index (χ0n) is 21.1. The van der Waals surface area contributed by atoms with Crippen LogP contribution in [-0.2, 0) is 28.9 Å². The number of nitrogen functional groups attached to an aromatic ring is 2. The van der Waals surface area contributed by atoms with Crippen molar-refractivity contribution in [3.8, 4) is 0 Å². The summed E-state index contributed by atoms with van der Waals surface area (Å²) in [6.45, 7) is -6.63. The van der Waals surface area contributed by atoms with E-state index in [1.165, 1.54) is 12.3 Å². The van der Waals surface area contributed by atoms with Crippen molar-refractivity contribution in [2.45, 2.75) is 42.6 Å². The molecular formula is C20H23F2N10O8PS. The van der Waals surface area contributed by atoms with Crippen molar-refractivity contribution in [3.05, 3.63) is 28.9 Å². The lowest BCUT2D eigenvalue weighted by molar-refractivity contribution is -0.0560. The Morgan fingerprint density at radius 1 is 1.31 bits per heavy atom. The maximum absolute atomic E-state index is 16.0. The van der Waals surface area contributed by atoms with Gasteiger partial charge in [0.25, 0.3) is 5.56 Å². The van der Waals surface area contributed by atoms with Crippen LogP contribution in [0.4, 0.5) is 20.5 Å². The number of alkyl halides is 2. The molecule has 6 heterocycles. The number of ether oxygens (including phenoxy) is 2. The Morgan fingerprint density at radius 3 is 2.86 bits per heavy atom. The van der Waals surface area contributed by atoms with Gasteiger partial charge in [0.15, 0.2) is 23.6 Å². The minimum Gasteiger partial charge on any atom is -0.394 e. The van der Waals surface area contributed by atoms with Gasteiger partial charge < -0.3 is 31.2 Å². The third-order valence-corrected chi connectivity index (χ3v) is 8.53. The van der Waals surface area contributed by atoms with Gasteiger partial charge in [0.05, 0.1) is 18.6 Å². The standard InChI is InChI=1S/C20H23F2N10O8PS/c21-10-8(3-33)39-18(32-16-11(29-30-32)17(35)28-19(24)27-16)12(10)40-41(36,42)38-4-9-13(34)20(22,5-37-9)31-2-1-7-14(23)25-6-26-15(7)31/h1-2,6,8-10,12-13,18,33-34H,3-5H2,(H,36,42)(H2,23,25,26)(H3,24,27,28,35)/t8-,9-,10+,12-,13-,18-,20-,41-/m1/s1. The van der Waals surface area contributed by atoms with Crippen LogP contribution in [0.1, 0.15) is 6.23 Å². The van der Waals surface area contributed by atoms with Gasteiger partial charge in [-0.2, -0.15) is 9.67 Å². The third-order valence-electron chi connectivity index (χ3n) is 6.91. The summed E-state index contributed by atoms with van der Waals surface area (Å²) in [6.07, 6.45) is -7.63. The Bertz CT molecular complexity index is 1760. The van der Waals surface area contributed by atoms with E-state index >= 15 is 8.78 Å². The third kappa shape index (κ3) is 4.71. The maximum Gasteiger partial charge on any atom is 0.386 e. The molecule has 7 N–H and O–H groups in total. The summed E-state index contributed by atoms with van der Waals surface area (Å²) in [4.78, 5) is 26.2. The van der Waals surface area contributed by atoms with E-state index < -0.39 is 74.8 Å². The summed E-state index contributed by atoms with van der Waals surface area (Å²) >= 11 is 3.89. The Kier molecular flexibility index (Phi) is 7.17. The summed E-state index contributed by atoms with van der Waals surface area (Å²) in [5.74, 6) is -2.70. The van der Waals surface area contributed by atoms with Crippen molar-refractivity contribution in [2.24, 2.45) is 0 Å². The van der Waals surface area contributed by atoms with Crippen LogP contribution in [-0.4, -0.2) is 100 Å². The Balaban J connectivity index is 1.19. The van der Waals surface area contributed by atoms with Gasteiger partial charge in [-0.25, -0.2) is 23.3 Å². The summed E-state index contributed by atoms with van der Waals surface area (Å²) in [7, 11) is 0. The van der Waals surface area contributed by atoms with E-state index in [2.05, 4.69) is 42.5 Å². The van der Waals surface area contributed by atoms with Crippen molar-refractivity contribution in [1.29, 1.82) is 0 Å². The number of fused-ring (bicyclic) bond motifs is 2. The van der Waals surface area contributed by atoms with Crippen LogP contribution < -0.4 is 17.0 Å². The molecule has 0 saturated carbocycles. The van der Waals surface area contributed by atoms with Crippen molar-refractivity contribution in [2.75, 3.05) is 31.3 Å². The number of thiol groups is 1. The fourth-order valence-corrected chi connectivity index (χ4v) is 6.29. The zero-order valence-corrected chi connectivity index (χ0v) is 22.9. The highest BCUT2D eigenvalue weighted by Gasteiger charge is 2.54. The molecule has 2 aliphatic rings. The normalized spacial score (nSPS) is 31.3. The minimum absolute atomic E-state index is 0.107. The second-order valence-electron chi connectivity index (χ2n) is 9.48. The molecule has 4 aromatic heterocycles. The molecule has 2 saturated heterocycles. The first kappa shape index (κ1) is 28.8. The SMILES string of the molecule is Nc1nc2c(nnn2[C@@H]2O[C@H](CO)[C@H](F)[C@H]2O[P@](=O)(S)OC[C@H]2OC[C@@](F)(n3ccc4c(N)ncnc43)[C@@H]2O)c(=O)[nH]1. The van der Waals surface area contributed by atoms with E-state index in [-0.39, 0.29) is 28.6 Å². The van der Waals surface area contributed by atoms with Gasteiger partial charge in [-0.15, -0.1) is 5.10 Å². The van der Waals surface area contributed by atoms with Gasteiger partial charge >= 0.3 is 6.80 Å². The molecule has 8 atom stereocenters. The number of rotatable bonds is 8. The molecule has 0 aromatic carbocycles. The van der Waals surface area contributed by atoms with Gasteiger partial charge in [-0.1, -0.05) is 17.5 Å². The van der Waals surface area contributed by atoms with Crippen molar-refractivity contribution in [3.63, 3.8) is 0 Å². The lowest BCUT2D eigenvalue weighted by atomic mass is 10.1. The quantitative estimate of drug-likeness (QED) is 0.102. The number of hydrogen-bond acceptors (Lipinski definition) is 15. The monoisotopic (exact) mass is 632 g/mol. The van der Waals surface area contributed by atoms with Crippen LogP contribution in [0.3, 0.4) is 0 Å². The number of nitrogens with zero attached hydrogens (tertiary/aromatic N) is 7. The van der Waals surface area contributed by atoms with E-state index in [1.807, 2.05) is 0 Å². The number of aromatic nitrogens is 8. The number of H-pyrrole nitrogens is 1. The smallest absolute Gasteiger partial charge is 0.386 e. The largest absolute Gasteiger partial charge is 0.394 e. The van der Waals surface area contributed by atoms with Crippen LogP contribution >= 0.6 is 19.0 Å². The van der Waals surface area contributed by atoms with E-state index in [4.69, 9.17) is 30.0 Å². The molecule has 22 heteroatoms. The molecule has 42 heavy (non-hydrogen) atoms. The minimum atomic E-state index is -4.50. The van der Waals surface area contributed by atoms with E-state index in [9.17, 15) is 19.6 Å². The fourth-order valence-electron chi connectivity index (χ4n) is 4.84. The first-order valence-electron chi connectivity index (χ1n) is 12.2. The van der Waals surface area contributed by atoms with Gasteiger partial charge in [0.1, 0.15) is 48.8 Å². The topological polar surface area (TPSA) is 254 Å². The maximum atomic E-state index is 16.0. The number of nitrogens with two attached hydrogens (primary N) is 2. The predicted octanol–water partition coefficient (Wildman–Crippen LogP) is -0.827. The Labute approximate surface area is 237 Å². The Hall–Kier alpha value is -3.30. The molecule has 0 radical (unpaired) electrons. The number of hydrogen-bond donors (Lipinski definition) is 6. The number of aromatic amines is 1. The van der Waals surface area contributed by atoms with Crippen LogP contribution in [0.25, 0.3) is 22.2 Å². The van der Waals surface area contributed by atoms with Gasteiger partial charge in [0.2, 0.25) is 11.7 Å². The van der Waals surface area contributed by atoms with E-state index in [0.29, 0.717) is 5.39 Å². The van der Waals surface area contributed by atoms with Gasteiger partial charge in [-0.05, 0) is 6.07 Å². The molecule has 0 spiro atoms. The second-order valence-corrected chi connectivity index (χ2v) is 12.4. The Morgan fingerprint density at radius 2 is 2.10 bits per heavy atom. The van der Waals surface area contributed by atoms with Crippen molar-refractivity contribution >= 4 is 53.0 Å². The van der Waals surface area contributed by atoms with Crippen molar-refractivity contribution in [1.82, 2.24) is 39.5 Å². The van der Waals surface area contributed by atoms with Crippen LogP contribution in [0.2, 0.25) is 0 Å². The van der Waals surface area contributed by atoms with Crippen LogP contribution in [0.5, 0.6) is 0 Å². The van der Waals surface area contributed by atoms with Crippen LogP contribution in [0.15, 0.2) is 23.4 Å². The molecule has 2 aliphatic heterocycles. The molecule has 0 amide bonds. The number of nitrogens with one attached hydrogen (secondary N) is 1. The van der Waals surface area contributed by atoms with Gasteiger partial charge in [0, 0.05) is 6.20 Å². The zero-order chi connectivity index (χ0) is 30.0. The summed E-state index contributed by atoms with van der Waals surface area (Å²) < 4.78 is 67.9. The average Bonchev–Trinajstić information content (AvgIpc) is 3.70. The lowest BCUT2D eigenvalue weighted by Gasteiger charge is -2.27. The summed E-state index contributed by atoms with van der Waals surface area (Å²) in [6, 6.07) is 1.48. The highest BCUT2D eigenvalue weighted by molar-refractivity contribution is 8.44. The molecule has 2 fully saturated rings. The van der Waals surface area contributed by atoms with Crippen molar-refractivity contribution < 1.29 is 42.1 Å².